The molecular weight excluding hydrogens is 247 g/mol. The van der Waals surface area contributed by atoms with Gasteiger partial charge in [0.2, 0.25) is 0 Å². The lowest BCUT2D eigenvalue weighted by Gasteiger charge is -2.15. The van der Waals surface area contributed by atoms with Gasteiger partial charge in [0, 0.05) is 19.6 Å². The maximum absolute atomic E-state index is 13.2. The number of aliphatic carboxylic acids is 1. The number of carboxylic acid groups (broad SMARTS) is 1. The van der Waals surface area contributed by atoms with Crippen LogP contribution in [0.25, 0.3) is 0 Å². The highest BCUT2D eigenvalue weighted by Gasteiger charge is 2.34. The van der Waals surface area contributed by atoms with Gasteiger partial charge in [-0.25, -0.2) is 4.39 Å². The van der Waals surface area contributed by atoms with Gasteiger partial charge in [-0.1, -0.05) is 13.0 Å². The Kier molecular flexibility index (Phi) is 3.82. The maximum Gasteiger partial charge on any atom is 0.308 e. The fraction of sp³-hybridized carbons (Fsp3) is 0.429. The third-order valence-corrected chi connectivity index (χ3v) is 3.56. The van der Waals surface area contributed by atoms with E-state index >= 15 is 0 Å². The minimum Gasteiger partial charge on any atom is -0.481 e. The standard InChI is InChI=1S/C14H15FN2O2/c1-9-6-17(8-12(9)14(18)19)7-10-2-3-13(15)11(4-10)5-16/h2-4,9,12H,6-8H2,1H3,(H,18,19). The lowest BCUT2D eigenvalue weighted by Crippen LogP contribution is -2.23. The first-order chi connectivity index (χ1) is 9.01. The molecular formula is C14H15FN2O2. The van der Waals surface area contributed by atoms with E-state index in [1.165, 1.54) is 12.1 Å². The van der Waals surface area contributed by atoms with Gasteiger partial charge in [0.1, 0.15) is 11.9 Å². The molecule has 0 aromatic heterocycles. The molecule has 1 N–H and O–H groups in total. The normalized spacial score (nSPS) is 23.2. The lowest BCUT2D eigenvalue weighted by atomic mass is 9.99. The Labute approximate surface area is 111 Å². The Hall–Kier alpha value is -1.93. The van der Waals surface area contributed by atoms with Gasteiger partial charge in [0.15, 0.2) is 0 Å². The second kappa shape index (κ2) is 5.37. The minimum atomic E-state index is -0.771. The molecule has 5 heteroatoms. The molecule has 19 heavy (non-hydrogen) atoms. The smallest absolute Gasteiger partial charge is 0.308 e. The van der Waals surface area contributed by atoms with Gasteiger partial charge >= 0.3 is 5.97 Å². The third kappa shape index (κ3) is 2.91. The molecule has 0 aliphatic carbocycles. The number of nitriles is 1. The largest absolute Gasteiger partial charge is 0.481 e. The Morgan fingerprint density at radius 1 is 1.58 bits per heavy atom. The van der Waals surface area contributed by atoms with Crippen LogP contribution in [0.15, 0.2) is 18.2 Å². The average molecular weight is 262 g/mol. The third-order valence-electron chi connectivity index (χ3n) is 3.56. The Morgan fingerprint density at radius 3 is 2.89 bits per heavy atom. The number of nitrogens with zero attached hydrogens (tertiary/aromatic N) is 2. The Bertz CT molecular complexity index is 539. The van der Waals surface area contributed by atoms with Gasteiger partial charge < -0.3 is 5.11 Å². The first-order valence-corrected chi connectivity index (χ1v) is 6.15. The summed E-state index contributed by atoms with van der Waals surface area (Å²) in [6.07, 6.45) is 0. The molecule has 1 heterocycles. The Balaban J connectivity index is 2.07. The van der Waals surface area contributed by atoms with Gasteiger partial charge in [0.05, 0.1) is 11.5 Å². The van der Waals surface area contributed by atoms with Crippen molar-refractivity contribution in [1.82, 2.24) is 4.90 Å². The van der Waals surface area contributed by atoms with Crippen LogP contribution in [0.5, 0.6) is 0 Å². The highest BCUT2D eigenvalue weighted by Crippen LogP contribution is 2.25. The van der Waals surface area contributed by atoms with E-state index in [0.29, 0.717) is 19.6 Å². The van der Waals surface area contributed by atoms with E-state index in [9.17, 15) is 9.18 Å². The van der Waals surface area contributed by atoms with Crippen molar-refractivity contribution in [3.8, 4) is 6.07 Å². The molecule has 0 saturated carbocycles. The van der Waals surface area contributed by atoms with Crippen molar-refractivity contribution in [2.45, 2.75) is 13.5 Å². The SMILES string of the molecule is CC1CN(Cc2ccc(F)c(C#N)c2)CC1C(=O)O. The molecule has 0 amide bonds. The molecule has 2 rings (SSSR count). The molecule has 1 fully saturated rings. The molecule has 0 spiro atoms. The highest BCUT2D eigenvalue weighted by atomic mass is 19.1. The topological polar surface area (TPSA) is 64.3 Å². The van der Waals surface area contributed by atoms with Crippen LogP contribution in [-0.4, -0.2) is 29.1 Å². The summed E-state index contributed by atoms with van der Waals surface area (Å²) in [6.45, 7) is 3.67. The van der Waals surface area contributed by atoms with Gasteiger partial charge in [-0.3, -0.25) is 9.69 Å². The van der Waals surface area contributed by atoms with Crippen molar-refractivity contribution in [3.63, 3.8) is 0 Å². The molecule has 100 valence electrons. The number of benzene rings is 1. The van der Waals surface area contributed by atoms with Crippen LogP contribution in [0, 0.1) is 29.0 Å². The lowest BCUT2D eigenvalue weighted by molar-refractivity contribution is -0.142. The van der Waals surface area contributed by atoms with E-state index in [2.05, 4.69) is 0 Å². The number of rotatable bonds is 3. The van der Waals surface area contributed by atoms with Crippen molar-refractivity contribution in [2.24, 2.45) is 11.8 Å². The van der Waals surface area contributed by atoms with Crippen LogP contribution < -0.4 is 0 Å². The second-order valence-corrected chi connectivity index (χ2v) is 5.04. The van der Waals surface area contributed by atoms with Gasteiger partial charge in [-0.05, 0) is 23.6 Å². The molecule has 1 aliphatic heterocycles. The van der Waals surface area contributed by atoms with Crippen molar-refractivity contribution in [2.75, 3.05) is 13.1 Å². The van der Waals surface area contributed by atoms with Gasteiger partial charge in [-0.2, -0.15) is 5.26 Å². The molecule has 0 bridgehead atoms. The van der Waals surface area contributed by atoms with E-state index in [-0.39, 0.29) is 17.4 Å². The summed E-state index contributed by atoms with van der Waals surface area (Å²) < 4.78 is 13.2. The summed E-state index contributed by atoms with van der Waals surface area (Å²) in [5.74, 6) is -1.54. The van der Waals surface area contributed by atoms with Gasteiger partial charge in [0.25, 0.3) is 0 Å². The fourth-order valence-corrected chi connectivity index (χ4v) is 2.53. The second-order valence-electron chi connectivity index (χ2n) is 5.04. The van der Waals surface area contributed by atoms with Gasteiger partial charge in [-0.15, -0.1) is 0 Å². The highest BCUT2D eigenvalue weighted by molar-refractivity contribution is 5.71. The fourth-order valence-electron chi connectivity index (χ4n) is 2.53. The number of carboxylic acids is 1. The molecule has 0 radical (unpaired) electrons. The minimum absolute atomic E-state index is 0.0273. The zero-order valence-corrected chi connectivity index (χ0v) is 10.6. The van der Waals surface area contributed by atoms with E-state index in [1.54, 1.807) is 6.07 Å². The Morgan fingerprint density at radius 2 is 2.32 bits per heavy atom. The first kappa shape index (κ1) is 13.5. The van der Waals surface area contributed by atoms with Crippen LogP contribution in [0.3, 0.4) is 0 Å². The molecule has 4 nitrogen and oxygen atoms in total. The zero-order valence-electron chi connectivity index (χ0n) is 10.6. The first-order valence-electron chi connectivity index (χ1n) is 6.15. The number of carbonyl (C=O) groups is 1. The van der Waals surface area contributed by atoms with Crippen LogP contribution in [0.2, 0.25) is 0 Å². The van der Waals surface area contributed by atoms with E-state index in [0.717, 1.165) is 5.56 Å². The van der Waals surface area contributed by atoms with Crippen molar-refractivity contribution >= 4 is 5.97 Å². The van der Waals surface area contributed by atoms with E-state index in [1.807, 2.05) is 17.9 Å². The van der Waals surface area contributed by atoms with E-state index < -0.39 is 11.8 Å². The van der Waals surface area contributed by atoms with Crippen molar-refractivity contribution < 1.29 is 14.3 Å². The predicted molar refractivity (Wildman–Crippen MR) is 66.7 cm³/mol. The number of hydrogen-bond donors (Lipinski definition) is 1. The zero-order chi connectivity index (χ0) is 14.0. The van der Waals surface area contributed by atoms with Crippen LogP contribution in [-0.2, 0) is 11.3 Å². The summed E-state index contributed by atoms with van der Waals surface area (Å²) in [5.41, 5.74) is 0.857. The van der Waals surface area contributed by atoms with Crippen molar-refractivity contribution in [1.29, 1.82) is 5.26 Å². The van der Waals surface area contributed by atoms with Crippen LogP contribution in [0.1, 0.15) is 18.1 Å². The number of hydrogen-bond acceptors (Lipinski definition) is 3. The monoisotopic (exact) mass is 262 g/mol. The summed E-state index contributed by atoms with van der Waals surface area (Å²) in [7, 11) is 0. The quantitative estimate of drug-likeness (QED) is 0.903. The molecule has 1 aromatic rings. The molecule has 1 aromatic carbocycles. The number of halogens is 1. The van der Waals surface area contributed by atoms with Crippen molar-refractivity contribution in [3.05, 3.63) is 35.1 Å². The summed E-state index contributed by atoms with van der Waals surface area (Å²) in [5, 5.41) is 17.8. The molecule has 1 saturated heterocycles. The summed E-state index contributed by atoms with van der Waals surface area (Å²) >= 11 is 0. The predicted octanol–water partition coefficient (Wildman–Crippen LogP) is 1.85. The summed E-state index contributed by atoms with van der Waals surface area (Å²) in [4.78, 5) is 13.1. The van der Waals surface area contributed by atoms with Crippen LogP contribution >= 0.6 is 0 Å². The molecule has 2 unspecified atom stereocenters. The van der Waals surface area contributed by atoms with Crippen LogP contribution in [0.4, 0.5) is 4.39 Å². The number of likely N-dealkylation sites (tertiary alicyclic amines) is 1. The summed E-state index contributed by atoms with van der Waals surface area (Å²) in [6, 6.07) is 6.24. The average Bonchev–Trinajstić information content (AvgIpc) is 2.73. The molecule has 2 atom stereocenters. The van der Waals surface area contributed by atoms with E-state index in [4.69, 9.17) is 10.4 Å². The maximum atomic E-state index is 13.2. The molecule has 1 aliphatic rings.